The second kappa shape index (κ2) is 14.2. The van der Waals surface area contributed by atoms with Gasteiger partial charge in [0.15, 0.2) is 53.2 Å². The second-order valence-corrected chi connectivity index (χ2v) is 11.7. The molecule has 0 radical (unpaired) electrons. The number of methoxy groups -OCH3 is 1. The minimum Gasteiger partial charge on any atom is -0.504 e. The predicted molar refractivity (Wildman–Crippen MR) is 165 cm³/mol. The Kier molecular flexibility index (Phi) is 10.3. The zero-order chi connectivity index (χ0) is 36.8. The van der Waals surface area contributed by atoms with Crippen LogP contribution in [0.3, 0.4) is 0 Å². The lowest BCUT2D eigenvalue weighted by Crippen LogP contribution is -2.59. The summed E-state index contributed by atoms with van der Waals surface area (Å²) in [6.07, 6.45) is -15.0. The first-order chi connectivity index (χ1) is 23.5. The fourth-order valence-electron chi connectivity index (χ4n) is 5.61. The number of aliphatic hydroxyl groups excluding tert-OH is 4. The van der Waals surface area contributed by atoms with E-state index in [0.717, 1.165) is 39.2 Å². The van der Waals surface area contributed by atoms with E-state index in [-0.39, 0.29) is 16.9 Å². The van der Waals surface area contributed by atoms with E-state index in [1.807, 2.05) is 0 Å². The van der Waals surface area contributed by atoms with Gasteiger partial charge in [0.1, 0.15) is 23.2 Å². The molecule has 2 fully saturated rings. The summed E-state index contributed by atoms with van der Waals surface area (Å²) in [5.74, 6) is -5.54. The molecule has 10 atom stereocenters. The molecule has 0 aliphatic carbocycles. The molecule has 0 amide bonds. The minimum atomic E-state index is -1.85. The highest BCUT2D eigenvalue weighted by molar-refractivity contribution is 5.91. The van der Waals surface area contributed by atoms with Crippen LogP contribution >= 0.6 is 0 Å². The average molecular weight is 709 g/mol. The zero-order valence-corrected chi connectivity index (χ0v) is 27.2. The van der Waals surface area contributed by atoms with Crippen molar-refractivity contribution in [3.63, 3.8) is 0 Å². The van der Waals surface area contributed by atoms with Gasteiger partial charge < -0.3 is 73.3 Å². The summed E-state index contributed by atoms with van der Waals surface area (Å²) < 4.78 is 44.3. The van der Waals surface area contributed by atoms with Crippen molar-refractivity contribution in [1.82, 2.24) is 0 Å². The average Bonchev–Trinajstić information content (AvgIpc) is 3.04. The monoisotopic (exact) mass is 708 g/mol. The summed E-state index contributed by atoms with van der Waals surface area (Å²) in [6.45, 7) is 4.96. The predicted octanol–water partition coefficient (Wildman–Crippen LogP) is 0.140. The normalized spacial score (nSPS) is 29.6. The Balaban J connectivity index is 1.65. The smallest absolute Gasteiger partial charge is 0.303 e. The summed E-state index contributed by atoms with van der Waals surface area (Å²) in [5.41, 5.74) is -1.50. The van der Waals surface area contributed by atoms with Gasteiger partial charge in [0.25, 0.3) is 0 Å². The standard InChI is InChI=1S/C32H36O18/c1-10-20(37)28(46-12(3)33)24(41)31(44-10)49-18-9-17-19(22(39)27(18)43-5)23(40)30(26(48-17)14-6-7-15(35)16(36)8-14)50-32-25(42)29(47-13(4)34)21(38)11(2)45-32/h6-11,20-21,24-25,28-29,31-32,35-39,41-42H,1-5H3. The molecule has 10 unspecified atom stereocenters. The third-order valence-corrected chi connectivity index (χ3v) is 8.12. The summed E-state index contributed by atoms with van der Waals surface area (Å²) in [4.78, 5) is 37.5. The van der Waals surface area contributed by atoms with Crippen molar-refractivity contribution >= 4 is 22.9 Å². The Labute approximate surface area is 282 Å². The van der Waals surface area contributed by atoms with Gasteiger partial charge >= 0.3 is 11.9 Å². The van der Waals surface area contributed by atoms with E-state index in [2.05, 4.69) is 0 Å². The summed E-state index contributed by atoms with van der Waals surface area (Å²) in [5, 5.41) is 73.7. The Bertz CT molecular complexity index is 1820. The van der Waals surface area contributed by atoms with Crippen LogP contribution in [0.25, 0.3) is 22.3 Å². The number of carbonyl (C=O) groups is 2. The lowest BCUT2D eigenvalue weighted by atomic mass is 9.99. The van der Waals surface area contributed by atoms with E-state index in [9.17, 15) is 50.1 Å². The molecule has 272 valence electrons. The maximum Gasteiger partial charge on any atom is 0.303 e. The number of hydrogen-bond acceptors (Lipinski definition) is 18. The molecule has 7 N–H and O–H groups in total. The lowest BCUT2D eigenvalue weighted by Gasteiger charge is -2.40. The Morgan fingerprint density at radius 2 is 1.28 bits per heavy atom. The van der Waals surface area contributed by atoms with E-state index in [0.29, 0.717) is 0 Å². The number of hydrogen-bond donors (Lipinski definition) is 7. The van der Waals surface area contributed by atoms with Crippen LogP contribution in [0.1, 0.15) is 27.7 Å². The Morgan fingerprint density at radius 3 is 1.78 bits per heavy atom. The van der Waals surface area contributed by atoms with E-state index in [4.69, 9.17) is 37.6 Å². The van der Waals surface area contributed by atoms with Gasteiger partial charge in [-0.3, -0.25) is 14.4 Å². The van der Waals surface area contributed by atoms with Crippen LogP contribution < -0.4 is 19.6 Å². The van der Waals surface area contributed by atoms with Gasteiger partial charge in [0.05, 0.1) is 19.3 Å². The number of aromatic hydroxyl groups is 3. The van der Waals surface area contributed by atoms with Crippen LogP contribution in [0.15, 0.2) is 33.5 Å². The first-order valence-electron chi connectivity index (χ1n) is 15.2. The number of ether oxygens (including phenoxy) is 7. The molecule has 3 aromatic rings. The number of benzene rings is 2. The second-order valence-electron chi connectivity index (χ2n) is 11.7. The van der Waals surface area contributed by atoms with Crippen LogP contribution in [-0.4, -0.2) is 116 Å². The molecule has 2 aliphatic rings. The van der Waals surface area contributed by atoms with Crippen molar-refractivity contribution in [2.24, 2.45) is 0 Å². The summed E-state index contributed by atoms with van der Waals surface area (Å²) in [7, 11) is 1.13. The molecule has 5 rings (SSSR count). The number of phenolic OH excluding ortho intramolecular Hbond substituents is 3. The number of phenols is 3. The largest absolute Gasteiger partial charge is 0.504 e. The first kappa shape index (κ1) is 36.4. The first-order valence-corrected chi connectivity index (χ1v) is 15.2. The molecule has 0 saturated carbocycles. The van der Waals surface area contributed by atoms with Crippen molar-refractivity contribution in [3.8, 4) is 45.8 Å². The fourth-order valence-corrected chi connectivity index (χ4v) is 5.61. The molecule has 1 aromatic heterocycles. The topological polar surface area (TPSA) is 271 Å². The Hall–Kier alpha value is -4.85. The van der Waals surface area contributed by atoms with E-state index < -0.39 is 119 Å². The fraction of sp³-hybridized carbons (Fsp3) is 0.469. The van der Waals surface area contributed by atoms with Crippen LogP contribution in [-0.2, 0) is 28.5 Å². The van der Waals surface area contributed by atoms with E-state index >= 15 is 0 Å². The number of esters is 2. The van der Waals surface area contributed by atoms with Gasteiger partial charge in [-0.05, 0) is 32.0 Å². The molecule has 3 heterocycles. The molecule has 2 aliphatic heterocycles. The third-order valence-electron chi connectivity index (χ3n) is 8.12. The van der Waals surface area contributed by atoms with Gasteiger partial charge in [-0.1, -0.05) is 0 Å². The molecule has 18 heteroatoms. The van der Waals surface area contributed by atoms with Crippen LogP contribution in [0.4, 0.5) is 0 Å². The molecule has 2 aromatic carbocycles. The number of rotatable bonds is 8. The Morgan fingerprint density at radius 1 is 0.740 bits per heavy atom. The minimum absolute atomic E-state index is 0.0555. The summed E-state index contributed by atoms with van der Waals surface area (Å²) >= 11 is 0. The van der Waals surface area contributed by atoms with Gasteiger partial charge in [-0.15, -0.1) is 0 Å². The highest BCUT2D eigenvalue weighted by Crippen LogP contribution is 2.46. The highest BCUT2D eigenvalue weighted by atomic mass is 16.7. The van der Waals surface area contributed by atoms with Gasteiger partial charge in [0.2, 0.25) is 29.5 Å². The molecular weight excluding hydrogens is 672 g/mol. The number of aliphatic hydroxyl groups is 4. The number of fused-ring (bicyclic) bond motifs is 1. The SMILES string of the molecule is COc1c(OC2OC(C)C(O)C(OC(C)=O)C2O)cc2oc(-c3ccc(O)c(O)c3)c(OC3OC(C)C(O)C(OC(C)=O)C3O)c(=O)c2c1O. The molecule has 0 bridgehead atoms. The van der Waals surface area contributed by atoms with Crippen LogP contribution in [0.2, 0.25) is 0 Å². The molecule has 18 nitrogen and oxygen atoms in total. The van der Waals surface area contributed by atoms with Crippen LogP contribution in [0, 0.1) is 0 Å². The maximum atomic E-state index is 14.2. The van der Waals surface area contributed by atoms with E-state index in [1.54, 1.807) is 0 Å². The van der Waals surface area contributed by atoms with Crippen molar-refractivity contribution in [1.29, 1.82) is 0 Å². The zero-order valence-electron chi connectivity index (χ0n) is 27.2. The van der Waals surface area contributed by atoms with Crippen LogP contribution in [0.5, 0.6) is 34.5 Å². The maximum absolute atomic E-state index is 14.2. The highest BCUT2D eigenvalue weighted by Gasteiger charge is 2.48. The lowest BCUT2D eigenvalue weighted by molar-refractivity contribution is -0.272. The van der Waals surface area contributed by atoms with Crippen molar-refractivity contribution in [3.05, 3.63) is 34.5 Å². The molecule has 50 heavy (non-hydrogen) atoms. The quantitative estimate of drug-likeness (QED) is 0.121. The number of carbonyl (C=O) groups excluding carboxylic acids is 2. The van der Waals surface area contributed by atoms with Gasteiger partial charge in [0, 0.05) is 25.5 Å². The molecule has 0 spiro atoms. The van der Waals surface area contributed by atoms with Crippen molar-refractivity contribution in [2.45, 2.75) is 89.1 Å². The molecular formula is C32H36O18. The van der Waals surface area contributed by atoms with Crippen molar-refractivity contribution < 1.29 is 82.9 Å². The van der Waals surface area contributed by atoms with Gasteiger partial charge in [-0.25, -0.2) is 0 Å². The van der Waals surface area contributed by atoms with Crippen molar-refractivity contribution in [2.75, 3.05) is 7.11 Å². The molecule has 2 saturated heterocycles. The third kappa shape index (κ3) is 6.80. The van der Waals surface area contributed by atoms with E-state index in [1.165, 1.54) is 19.9 Å². The van der Waals surface area contributed by atoms with Gasteiger partial charge in [-0.2, -0.15) is 0 Å². The summed E-state index contributed by atoms with van der Waals surface area (Å²) in [6, 6.07) is 4.44.